The summed E-state index contributed by atoms with van der Waals surface area (Å²) in [7, 11) is 0. The minimum Gasteiger partial charge on any atom is -0.378 e. The molecule has 106 valence electrons. The number of carbonyl (C=O) groups excluding carboxylic acids is 2. The van der Waals surface area contributed by atoms with Crippen molar-refractivity contribution >= 4 is 11.8 Å². The van der Waals surface area contributed by atoms with Crippen molar-refractivity contribution in [2.45, 2.75) is 50.7 Å². The van der Waals surface area contributed by atoms with Crippen LogP contribution < -0.4 is 5.32 Å². The Hall–Kier alpha value is -1.10. The summed E-state index contributed by atoms with van der Waals surface area (Å²) in [6.07, 6.45) is 5.39. The summed E-state index contributed by atoms with van der Waals surface area (Å²) < 4.78 is 5.58. The monoisotopic (exact) mass is 266 g/mol. The first-order chi connectivity index (χ1) is 9.09. The van der Waals surface area contributed by atoms with Crippen molar-refractivity contribution in [3.8, 4) is 0 Å². The van der Waals surface area contributed by atoms with Gasteiger partial charge in [-0.2, -0.15) is 0 Å². The molecule has 0 aromatic rings. The number of hydrogen-bond donors (Lipinski definition) is 1. The highest BCUT2D eigenvalue weighted by Crippen LogP contribution is 2.41. The van der Waals surface area contributed by atoms with E-state index in [1.165, 1.54) is 0 Å². The summed E-state index contributed by atoms with van der Waals surface area (Å²) in [5.41, 5.74) is -0.661. The first-order valence-electron chi connectivity index (χ1n) is 7.31. The molecule has 0 radical (unpaired) electrons. The van der Waals surface area contributed by atoms with E-state index < -0.39 is 5.54 Å². The molecular formula is C14H22N2O3. The van der Waals surface area contributed by atoms with Gasteiger partial charge in [-0.1, -0.05) is 0 Å². The molecule has 0 spiro atoms. The number of carbonyl (C=O) groups is 2. The quantitative estimate of drug-likeness (QED) is 0.814. The molecule has 0 bridgehead atoms. The number of amides is 2. The molecule has 1 N–H and O–H groups in total. The molecule has 2 heterocycles. The van der Waals surface area contributed by atoms with Crippen molar-refractivity contribution < 1.29 is 14.3 Å². The zero-order valence-corrected chi connectivity index (χ0v) is 11.5. The molecule has 2 amide bonds. The molecule has 19 heavy (non-hydrogen) atoms. The predicted molar refractivity (Wildman–Crippen MR) is 69.4 cm³/mol. The van der Waals surface area contributed by atoms with Crippen LogP contribution in [0.2, 0.25) is 0 Å². The Bertz CT molecular complexity index is 388. The Morgan fingerprint density at radius 3 is 2.79 bits per heavy atom. The van der Waals surface area contributed by atoms with E-state index >= 15 is 0 Å². The number of nitrogens with zero attached hydrogens (tertiary/aromatic N) is 1. The highest BCUT2D eigenvalue weighted by molar-refractivity contribution is 5.98. The lowest BCUT2D eigenvalue weighted by Crippen LogP contribution is -2.66. The molecule has 2 saturated heterocycles. The van der Waals surface area contributed by atoms with E-state index in [1.54, 1.807) is 4.90 Å². The summed E-state index contributed by atoms with van der Waals surface area (Å²) in [6, 6.07) is 0. The highest BCUT2D eigenvalue weighted by Gasteiger charge is 2.52. The third kappa shape index (κ3) is 2.48. The van der Waals surface area contributed by atoms with Gasteiger partial charge in [-0.3, -0.25) is 9.59 Å². The Labute approximate surface area is 113 Å². The van der Waals surface area contributed by atoms with Crippen LogP contribution in [0.5, 0.6) is 0 Å². The average molecular weight is 266 g/mol. The zero-order chi connectivity index (χ0) is 13.5. The number of hydrogen-bond acceptors (Lipinski definition) is 3. The zero-order valence-electron chi connectivity index (χ0n) is 11.5. The summed E-state index contributed by atoms with van der Waals surface area (Å²) in [5, 5.41) is 2.90. The van der Waals surface area contributed by atoms with Crippen LogP contribution in [-0.4, -0.2) is 48.1 Å². The lowest BCUT2D eigenvalue weighted by atomic mass is 9.91. The molecule has 5 nitrogen and oxygen atoms in total. The van der Waals surface area contributed by atoms with Crippen molar-refractivity contribution in [2.75, 3.05) is 19.7 Å². The van der Waals surface area contributed by atoms with Gasteiger partial charge in [0, 0.05) is 13.2 Å². The highest BCUT2D eigenvalue weighted by atomic mass is 16.5. The standard InChI is InChI=1S/C14H22N2O3/c1-14(10-4-5-10)13(18)16(9-12(17)15-14)7-6-11-3-2-8-19-11/h10-11H,2-9H2,1H3,(H,15,17). The maximum atomic E-state index is 12.5. The average Bonchev–Trinajstić information content (AvgIpc) is 3.11. The molecule has 5 heteroatoms. The van der Waals surface area contributed by atoms with Gasteiger partial charge in [0.15, 0.2) is 0 Å². The van der Waals surface area contributed by atoms with Gasteiger partial charge < -0.3 is 15.0 Å². The van der Waals surface area contributed by atoms with E-state index in [2.05, 4.69) is 5.32 Å². The van der Waals surface area contributed by atoms with Crippen LogP contribution in [0.25, 0.3) is 0 Å². The minimum atomic E-state index is -0.661. The van der Waals surface area contributed by atoms with Crippen molar-refractivity contribution in [1.29, 1.82) is 0 Å². The van der Waals surface area contributed by atoms with Crippen molar-refractivity contribution in [1.82, 2.24) is 10.2 Å². The first kappa shape index (κ1) is 12.9. The fourth-order valence-corrected chi connectivity index (χ4v) is 3.25. The van der Waals surface area contributed by atoms with Crippen molar-refractivity contribution in [3.63, 3.8) is 0 Å². The minimum absolute atomic E-state index is 0.0265. The second-order valence-electron chi connectivity index (χ2n) is 6.18. The lowest BCUT2D eigenvalue weighted by Gasteiger charge is -2.40. The van der Waals surface area contributed by atoms with Gasteiger partial charge in [-0.15, -0.1) is 0 Å². The Kier molecular flexibility index (Phi) is 3.25. The van der Waals surface area contributed by atoms with E-state index in [1.807, 2.05) is 6.92 Å². The first-order valence-corrected chi connectivity index (χ1v) is 7.31. The van der Waals surface area contributed by atoms with Crippen LogP contribution in [-0.2, 0) is 14.3 Å². The van der Waals surface area contributed by atoms with Gasteiger partial charge in [0.25, 0.3) is 0 Å². The van der Waals surface area contributed by atoms with Gasteiger partial charge in [-0.25, -0.2) is 0 Å². The predicted octanol–water partition coefficient (Wildman–Crippen LogP) is 0.683. The van der Waals surface area contributed by atoms with Crippen LogP contribution in [0.4, 0.5) is 0 Å². The maximum absolute atomic E-state index is 12.5. The SMILES string of the molecule is CC1(C2CC2)NC(=O)CN(CCC2CCCO2)C1=O. The third-order valence-corrected chi connectivity index (χ3v) is 4.60. The van der Waals surface area contributed by atoms with E-state index in [0.29, 0.717) is 12.5 Å². The Morgan fingerprint density at radius 1 is 1.37 bits per heavy atom. The molecule has 1 saturated carbocycles. The second-order valence-corrected chi connectivity index (χ2v) is 6.18. The lowest BCUT2D eigenvalue weighted by molar-refractivity contribution is -0.150. The molecule has 2 aliphatic heterocycles. The third-order valence-electron chi connectivity index (χ3n) is 4.60. The van der Waals surface area contributed by atoms with E-state index in [-0.39, 0.29) is 24.5 Å². The summed E-state index contributed by atoms with van der Waals surface area (Å²) in [5.74, 6) is 0.392. The van der Waals surface area contributed by atoms with E-state index in [9.17, 15) is 9.59 Å². The van der Waals surface area contributed by atoms with Crippen LogP contribution in [0.1, 0.15) is 39.0 Å². The smallest absolute Gasteiger partial charge is 0.248 e. The van der Waals surface area contributed by atoms with Crippen LogP contribution in [0.15, 0.2) is 0 Å². The summed E-state index contributed by atoms with van der Waals surface area (Å²) in [4.78, 5) is 26.1. The van der Waals surface area contributed by atoms with Gasteiger partial charge in [0.1, 0.15) is 5.54 Å². The number of rotatable bonds is 4. The summed E-state index contributed by atoms with van der Waals surface area (Å²) in [6.45, 7) is 3.55. The molecule has 3 rings (SSSR count). The molecule has 3 fully saturated rings. The topological polar surface area (TPSA) is 58.6 Å². The molecule has 2 atom stereocenters. The normalized spacial score (nSPS) is 35.6. The van der Waals surface area contributed by atoms with Gasteiger partial charge >= 0.3 is 0 Å². The number of piperazine rings is 1. The van der Waals surface area contributed by atoms with Crippen LogP contribution in [0, 0.1) is 5.92 Å². The molecule has 0 aromatic heterocycles. The van der Waals surface area contributed by atoms with Gasteiger partial charge in [-0.05, 0) is 44.9 Å². The molecular weight excluding hydrogens is 244 g/mol. The molecule has 2 unspecified atom stereocenters. The van der Waals surface area contributed by atoms with Gasteiger partial charge in [0.05, 0.1) is 12.6 Å². The van der Waals surface area contributed by atoms with Crippen molar-refractivity contribution in [2.24, 2.45) is 5.92 Å². The van der Waals surface area contributed by atoms with E-state index in [4.69, 9.17) is 4.74 Å². The number of ether oxygens (including phenoxy) is 1. The second kappa shape index (κ2) is 4.78. The van der Waals surface area contributed by atoms with E-state index in [0.717, 1.165) is 38.7 Å². The van der Waals surface area contributed by atoms with Crippen LogP contribution >= 0.6 is 0 Å². The Morgan fingerprint density at radius 2 is 2.16 bits per heavy atom. The number of nitrogens with one attached hydrogen (secondary N) is 1. The largest absolute Gasteiger partial charge is 0.378 e. The fraction of sp³-hybridized carbons (Fsp3) is 0.857. The Balaban J connectivity index is 1.62. The fourth-order valence-electron chi connectivity index (χ4n) is 3.25. The summed E-state index contributed by atoms with van der Waals surface area (Å²) >= 11 is 0. The van der Waals surface area contributed by atoms with Crippen LogP contribution in [0.3, 0.4) is 0 Å². The van der Waals surface area contributed by atoms with Gasteiger partial charge in [0.2, 0.25) is 11.8 Å². The van der Waals surface area contributed by atoms with Crippen molar-refractivity contribution in [3.05, 3.63) is 0 Å². The molecule has 1 aliphatic carbocycles. The molecule has 3 aliphatic rings. The maximum Gasteiger partial charge on any atom is 0.248 e. The molecule has 0 aromatic carbocycles.